The highest BCUT2D eigenvalue weighted by molar-refractivity contribution is 8.26. The van der Waals surface area contributed by atoms with Crippen LogP contribution in [0.5, 0.6) is 0 Å². The third kappa shape index (κ3) is 4.74. The minimum Gasteiger partial charge on any atom is -0.382 e. The Kier molecular flexibility index (Phi) is 7.27. The van der Waals surface area contributed by atoms with E-state index < -0.39 is 0 Å². The van der Waals surface area contributed by atoms with Gasteiger partial charge in [0.2, 0.25) is 0 Å². The fourth-order valence-corrected chi connectivity index (χ4v) is 5.52. The first-order chi connectivity index (χ1) is 15.5. The average molecular weight is 473 g/mol. The number of carbonyl (C=O) groups excluding carboxylic acids is 1. The summed E-state index contributed by atoms with van der Waals surface area (Å²) in [5.41, 5.74) is 1.68. The highest BCUT2D eigenvalue weighted by Crippen LogP contribution is 2.38. The van der Waals surface area contributed by atoms with Crippen LogP contribution in [-0.2, 0) is 9.53 Å². The van der Waals surface area contributed by atoms with Crippen LogP contribution in [0.4, 0.5) is 5.82 Å². The number of amides is 1. The lowest BCUT2D eigenvalue weighted by Crippen LogP contribution is -2.36. The van der Waals surface area contributed by atoms with Crippen molar-refractivity contribution >= 4 is 51.7 Å². The van der Waals surface area contributed by atoms with Crippen molar-refractivity contribution in [2.24, 2.45) is 0 Å². The van der Waals surface area contributed by atoms with Crippen LogP contribution < -0.4 is 10.9 Å². The molecule has 3 heterocycles. The number of aryl methyl sites for hydroxylation is 1. The zero-order valence-corrected chi connectivity index (χ0v) is 20.1. The van der Waals surface area contributed by atoms with E-state index in [1.165, 1.54) is 16.2 Å². The van der Waals surface area contributed by atoms with Crippen LogP contribution in [0.1, 0.15) is 50.2 Å². The minimum atomic E-state index is -0.211. The summed E-state index contributed by atoms with van der Waals surface area (Å²) in [4.78, 5) is 33.5. The van der Waals surface area contributed by atoms with Gasteiger partial charge in [-0.3, -0.25) is 18.9 Å². The van der Waals surface area contributed by atoms with E-state index in [4.69, 9.17) is 17.0 Å². The number of pyridine rings is 1. The Hall–Kier alpha value is -2.23. The van der Waals surface area contributed by atoms with Gasteiger partial charge in [0.25, 0.3) is 11.5 Å². The molecule has 1 amide bonds. The fraction of sp³-hybridized carbons (Fsp3) is 0.478. The second kappa shape index (κ2) is 10.1. The number of thioether (sulfide) groups is 1. The maximum atomic E-state index is 13.4. The summed E-state index contributed by atoms with van der Waals surface area (Å²) in [6, 6.07) is 3.92. The smallest absolute Gasteiger partial charge is 0.267 e. The number of nitrogens with zero attached hydrogens (tertiary/aromatic N) is 3. The first kappa shape index (κ1) is 22.9. The lowest BCUT2D eigenvalue weighted by molar-refractivity contribution is -0.123. The lowest BCUT2D eigenvalue weighted by Gasteiger charge is -2.21. The third-order valence-corrected chi connectivity index (χ3v) is 7.09. The van der Waals surface area contributed by atoms with Gasteiger partial charge in [-0.05, 0) is 50.8 Å². The molecule has 1 saturated heterocycles. The summed E-state index contributed by atoms with van der Waals surface area (Å²) in [5, 5.41) is 3.27. The quantitative estimate of drug-likeness (QED) is 0.354. The number of hydrogen-bond donors (Lipinski definition) is 1. The third-order valence-electron chi connectivity index (χ3n) is 5.76. The minimum absolute atomic E-state index is 0.108. The maximum Gasteiger partial charge on any atom is 0.267 e. The largest absolute Gasteiger partial charge is 0.382 e. The number of carbonyl (C=O) groups is 1. The molecule has 0 spiro atoms. The SMILES string of the molecule is CCOCCCNc1nc2ccc(C)cn2c(=O)c1/C=C1/SC(=S)N(C2CCCC2)C1=O. The molecule has 0 unspecified atom stereocenters. The predicted octanol–water partition coefficient (Wildman–Crippen LogP) is 3.99. The Morgan fingerprint density at radius 1 is 1.31 bits per heavy atom. The first-order valence-corrected chi connectivity index (χ1v) is 12.3. The molecule has 1 aliphatic carbocycles. The number of hydrogen-bond acceptors (Lipinski definition) is 7. The van der Waals surface area contributed by atoms with Crippen molar-refractivity contribution in [3.63, 3.8) is 0 Å². The van der Waals surface area contributed by atoms with Gasteiger partial charge < -0.3 is 10.1 Å². The van der Waals surface area contributed by atoms with E-state index in [2.05, 4.69) is 10.3 Å². The van der Waals surface area contributed by atoms with Crippen LogP contribution in [0.15, 0.2) is 28.0 Å². The summed E-state index contributed by atoms with van der Waals surface area (Å²) in [5.74, 6) is 0.365. The van der Waals surface area contributed by atoms with E-state index in [9.17, 15) is 9.59 Å². The van der Waals surface area contributed by atoms with Gasteiger partial charge in [-0.2, -0.15) is 0 Å². The molecule has 170 valence electrons. The summed E-state index contributed by atoms with van der Waals surface area (Å²) in [7, 11) is 0. The van der Waals surface area contributed by atoms with E-state index >= 15 is 0 Å². The molecule has 0 radical (unpaired) electrons. The molecular formula is C23H28N4O3S2. The van der Waals surface area contributed by atoms with E-state index in [1.54, 1.807) is 17.2 Å². The van der Waals surface area contributed by atoms with Gasteiger partial charge in [-0.15, -0.1) is 0 Å². The monoisotopic (exact) mass is 472 g/mol. The molecule has 0 aromatic carbocycles. The van der Waals surface area contributed by atoms with Crippen molar-refractivity contribution in [2.45, 2.75) is 52.0 Å². The summed E-state index contributed by atoms with van der Waals surface area (Å²) in [6.07, 6.45) is 8.40. The second-order valence-corrected chi connectivity index (χ2v) is 9.76. The van der Waals surface area contributed by atoms with Gasteiger partial charge in [0.05, 0.1) is 10.5 Å². The highest BCUT2D eigenvalue weighted by Gasteiger charge is 2.38. The van der Waals surface area contributed by atoms with Crippen molar-refractivity contribution in [3.05, 3.63) is 44.7 Å². The standard InChI is InChI=1S/C23H28N4O3S2/c1-3-30-12-6-11-24-20-17(21(28)26-14-15(2)9-10-19(26)25-20)13-18-22(29)27(23(31)32-18)16-7-4-5-8-16/h9-10,13-14,16,24H,3-8,11-12H2,1-2H3/b18-13+. The maximum absolute atomic E-state index is 13.4. The van der Waals surface area contributed by atoms with Gasteiger partial charge in [-0.1, -0.05) is 42.9 Å². The number of fused-ring (bicyclic) bond motifs is 1. The van der Waals surface area contributed by atoms with Crippen molar-refractivity contribution in [2.75, 3.05) is 25.1 Å². The Morgan fingerprint density at radius 2 is 2.09 bits per heavy atom. The molecule has 7 nitrogen and oxygen atoms in total. The molecule has 9 heteroatoms. The summed E-state index contributed by atoms with van der Waals surface area (Å²) < 4.78 is 7.50. The molecule has 0 atom stereocenters. The van der Waals surface area contributed by atoms with E-state index in [-0.39, 0.29) is 17.5 Å². The van der Waals surface area contributed by atoms with Gasteiger partial charge >= 0.3 is 0 Å². The van der Waals surface area contributed by atoms with Crippen molar-refractivity contribution < 1.29 is 9.53 Å². The number of anilines is 1. The van der Waals surface area contributed by atoms with Crippen molar-refractivity contribution in [1.29, 1.82) is 0 Å². The number of rotatable bonds is 8. The molecule has 2 aliphatic rings. The molecule has 0 bridgehead atoms. The second-order valence-electron chi connectivity index (χ2n) is 8.08. The van der Waals surface area contributed by atoms with E-state index in [0.29, 0.717) is 46.0 Å². The Balaban J connectivity index is 1.70. The zero-order valence-electron chi connectivity index (χ0n) is 18.4. The molecule has 2 aromatic rings. The van der Waals surface area contributed by atoms with Crippen LogP contribution in [0.3, 0.4) is 0 Å². The Labute approximate surface area is 197 Å². The van der Waals surface area contributed by atoms with Gasteiger partial charge in [-0.25, -0.2) is 4.98 Å². The summed E-state index contributed by atoms with van der Waals surface area (Å²) in [6.45, 7) is 5.80. The molecule has 1 N–H and O–H groups in total. The number of aromatic nitrogens is 2. The van der Waals surface area contributed by atoms with Gasteiger partial charge in [0.1, 0.15) is 15.8 Å². The van der Waals surface area contributed by atoms with Gasteiger partial charge in [0.15, 0.2) is 0 Å². The summed E-state index contributed by atoms with van der Waals surface area (Å²) >= 11 is 6.79. The van der Waals surface area contributed by atoms with Crippen LogP contribution in [0.2, 0.25) is 0 Å². The van der Waals surface area contributed by atoms with Crippen LogP contribution in [0, 0.1) is 6.92 Å². The van der Waals surface area contributed by atoms with E-state index in [1.807, 2.05) is 26.0 Å². The molecular weight excluding hydrogens is 444 g/mol. The van der Waals surface area contributed by atoms with Crippen LogP contribution in [0.25, 0.3) is 11.7 Å². The fourth-order valence-electron chi connectivity index (χ4n) is 4.14. The Bertz CT molecular complexity index is 1120. The molecule has 2 fully saturated rings. The first-order valence-electron chi connectivity index (χ1n) is 11.1. The average Bonchev–Trinajstić information content (AvgIpc) is 3.38. The topological polar surface area (TPSA) is 75.9 Å². The van der Waals surface area contributed by atoms with E-state index in [0.717, 1.165) is 37.7 Å². The molecule has 32 heavy (non-hydrogen) atoms. The lowest BCUT2D eigenvalue weighted by atomic mass is 10.2. The van der Waals surface area contributed by atoms with Crippen molar-refractivity contribution in [1.82, 2.24) is 14.3 Å². The van der Waals surface area contributed by atoms with Crippen molar-refractivity contribution in [3.8, 4) is 0 Å². The number of thiocarbonyl (C=S) groups is 1. The van der Waals surface area contributed by atoms with Gasteiger partial charge in [0, 0.05) is 32.0 Å². The predicted molar refractivity (Wildman–Crippen MR) is 133 cm³/mol. The normalized spacial score (nSPS) is 18.4. The highest BCUT2D eigenvalue weighted by atomic mass is 32.2. The molecule has 1 aliphatic heterocycles. The Morgan fingerprint density at radius 3 is 2.84 bits per heavy atom. The van der Waals surface area contributed by atoms with Crippen LogP contribution in [-0.4, -0.2) is 50.3 Å². The number of ether oxygens (including phenoxy) is 1. The molecule has 1 saturated carbocycles. The molecule has 4 rings (SSSR count). The zero-order chi connectivity index (χ0) is 22.7. The van der Waals surface area contributed by atoms with Crippen LogP contribution >= 0.6 is 24.0 Å². The number of nitrogens with one attached hydrogen (secondary N) is 1. The molecule has 2 aromatic heterocycles.